The molecule has 7 heteroatoms. The topological polar surface area (TPSA) is 75.2 Å². The average Bonchev–Trinajstić information content (AvgIpc) is 2.29. The van der Waals surface area contributed by atoms with Crippen LogP contribution in [0.3, 0.4) is 0 Å². The van der Waals surface area contributed by atoms with Crippen molar-refractivity contribution < 1.29 is 8.42 Å². The van der Waals surface area contributed by atoms with E-state index in [4.69, 9.17) is 0 Å². The second-order valence-corrected chi connectivity index (χ2v) is 6.46. The van der Waals surface area contributed by atoms with Gasteiger partial charge >= 0.3 is 0 Å². The summed E-state index contributed by atoms with van der Waals surface area (Å²) < 4.78 is 24.9. The summed E-state index contributed by atoms with van der Waals surface area (Å²) >= 11 is 0. The Morgan fingerprint density at radius 3 is 2.44 bits per heavy atom. The molecule has 0 amide bonds. The zero-order valence-corrected chi connectivity index (χ0v) is 11.4. The number of nitrogens with one attached hydrogen (secondary N) is 1. The van der Waals surface area contributed by atoms with Crippen molar-refractivity contribution in [3.8, 4) is 0 Å². The van der Waals surface area contributed by atoms with Crippen molar-refractivity contribution in [3.05, 3.63) is 17.8 Å². The first-order valence-electron chi connectivity index (χ1n) is 5.96. The van der Waals surface area contributed by atoms with Crippen molar-refractivity contribution in [1.82, 2.24) is 14.9 Å². The first-order chi connectivity index (χ1) is 8.44. The van der Waals surface area contributed by atoms with E-state index in [2.05, 4.69) is 19.8 Å². The van der Waals surface area contributed by atoms with E-state index in [0.29, 0.717) is 0 Å². The van der Waals surface area contributed by atoms with Gasteiger partial charge in [0.1, 0.15) is 0 Å². The number of rotatable bonds is 3. The van der Waals surface area contributed by atoms with Gasteiger partial charge in [0.25, 0.3) is 0 Å². The summed E-state index contributed by atoms with van der Waals surface area (Å²) in [6.45, 7) is 3.49. The number of hydrogen-bond donors (Lipinski definition) is 1. The number of anilines is 1. The molecule has 0 bridgehead atoms. The van der Waals surface area contributed by atoms with Crippen LogP contribution in [-0.4, -0.2) is 44.0 Å². The second kappa shape index (κ2) is 5.19. The Morgan fingerprint density at radius 2 is 1.94 bits per heavy atom. The zero-order chi connectivity index (χ0) is 13.2. The van der Waals surface area contributed by atoms with Gasteiger partial charge in [0, 0.05) is 19.1 Å². The van der Waals surface area contributed by atoms with E-state index in [1.165, 1.54) is 6.26 Å². The lowest BCUT2D eigenvalue weighted by atomic mass is 10.1. The predicted octanol–water partition coefficient (Wildman–Crippen LogP) is 0.303. The standard InChI is InChI=1S/C11H18N4O2S/c1-9-3-4-11(13-12-9)15-7-5-10(6-8-15)14-18(2,16)17/h3-4,10,14H,5-8H2,1-2H3. The fourth-order valence-electron chi connectivity index (χ4n) is 2.09. The van der Waals surface area contributed by atoms with E-state index in [9.17, 15) is 8.42 Å². The third-order valence-corrected chi connectivity index (χ3v) is 3.74. The van der Waals surface area contributed by atoms with Gasteiger partial charge < -0.3 is 4.90 Å². The highest BCUT2D eigenvalue weighted by Crippen LogP contribution is 2.17. The second-order valence-electron chi connectivity index (χ2n) is 4.68. The van der Waals surface area contributed by atoms with Gasteiger partial charge in [-0.05, 0) is 31.9 Å². The third-order valence-electron chi connectivity index (χ3n) is 2.98. The molecule has 1 fully saturated rings. The van der Waals surface area contributed by atoms with Crippen LogP contribution >= 0.6 is 0 Å². The van der Waals surface area contributed by atoms with Crippen molar-refractivity contribution in [3.63, 3.8) is 0 Å². The maximum atomic E-state index is 11.1. The van der Waals surface area contributed by atoms with Gasteiger partial charge in [0.15, 0.2) is 5.82 Å². The van der Waals surface area contributed by atoms with E-state index < -0.39 is 10.0 Å². The molecule has 0 unspecified atom stereocenters. The number of sulfonamides is 1. The molecule has 2 heterocycles. The molecule has 1 aromatic rings. The molecule has 1 N–H and O–H groups in total. The van der Waals surface area contributed by atoms with Crippen LogP contribution in [0.25, 0.3) is 0 Å². The third kappa shape index (κ3) is 3.64. The van der Waals surface area contributed by atoms with Gasteiger partial charge in [-0.25, -0.2) is 13.1 Å². The summed E-state index contributed by atoms with van der Waals surface area (Å²) in [5, 5.41) is 8.17. The summed E-state index contributed by atoms with van der Waals surface area (Å²) in [6.07, 6.45) is 2.79. The Hall–Kier alpha value is -1.21. The number of aryl methyl sites for hydroxylation is 1. The molecular formula is C11H18N4O2S. The average molecular weight is 270 g/mol. The zero-order valence-electron chi connectivity index (χ0n) is 10.6. The Bertz CT molecular complexity index is 492. The summed E-state index contributed by atoms with van der Waals surface area (Å²) in [6, 6.07) is 3.92. The van der Waals surface area contributed by atoms with Crippen LogP contribution in [-0.2, 0) is 10.0 Å². The Labute approximate surface area is 107 Å². The SMILES string of the molecule is Cc1ccc(N2CCC(NS(C)(=O)=O)CC2)nn1. The van der Waals surface area contributed by atoms with E-state index >= 15 is 0 Å². The molecule has 1 aliphatic heterocycles. The van der Waals surface area contributed by atoms with Gasteiger partial charge in [-0.2, -0.15) is 5.10 Å². The molecule has 100 valence electrons. The van der Waals surface area contributed by atoms with Crippen molar-refractivity contribution in [1.29, 1.82) is 0 Å². The fraction of sp³-hybridized carbons (Fsp3) is 0.636. The first-order valence-corrected chi connectivity index (χ1v) is 7.86. The molecule has 0 atom stereocenters. The molecule has 0 aliphatic carbocycles. The van der Waals surface area contributed by atoms with Crippen LogP contribution in [0.15, 0.2) is 12.1 Å². The maximum Gasteiger partial charge on any atom is 0.208 e. The molecule has 1 saturated heterocycles. The van der Waals surface area contributed by atoms with Gasteiger partial charge in [-0.3, -0.25) is 0 Å². The molecule has 0 saturated carbocycles. The van der Waals surface area contributed by atoms with Crippen molar-refractivity contribution in [2.45, 2.75) is 25.8 Å². The van der Waals surface area contributed by atoms with E-state index in [1.807, 2.05) is 19.1 Å². The molecule has 0 aromatic carbocycles. The monoisotopic (exact) mass is 270 g/mol. The van der Waals surface area contributed by atoms with Crippen LogP contribution < -0.4 is 9.62 Å². The number of nitrogens with zero attached hydrogens (tertiary/aromatic N) is 3. The van der Waals surface area contributed by atoms with Gasteiger partial charge in [-0.15, -0.1) is 5.10 Å². The van der Waals surface area contributed by atoms with E-state index in [-0.39, 0.29) is 6.04 Å². The summed E-state index contributed by atoms with van der Waals surface area (Å²) in [4.78, 5) is 2.13. The van der Waals surface area contributed by atoms with Crippen LogP contribution in [0.5, 0.6) is 0 Å². The molecule has 1 aliphatic rings. The lowest BCUT2D eigenvalue weighted by Gasteiger charge is -2.32. The summed E-state index contributed by atoms with van der Waals surface area (Å²) in [5.41, 5.74) is 0.896. The van der Waals surface area contributed by atoms with Crippen molar-refractivity contribution in [2.24, 2.45) is 0 Å². The minimum Gasteiger partial charge on any atom is -0.355 e. The lowest BCUT2D eigenvalue weighted by Crippen LogP contribution is -2.44. The molecule has 0 radical (unpaired) electrons. The maximum absolute atomic E-state index is 11.1. The summed E-state index contributed by atoms with van der Waals surface area (Å²) in [7, 11) is -3.11. The normalized spacial score (nSPS) is 18.0. The highest BCUT2D eigenvalue weighted by molar-refractivity contribution is 7.88. The highest BCUT2D eigenvalue weighted by Gasteiger charge is 2.22. The molecular weight excluding hydrogens is 252 g/mol. The molecule has 2 rings (SSSR count). The highest BCUT2D eigenvalue weighted by atomic mass is 32.2. The Balaban J connectivity index is 1.92. The molecule has 6 nitrogen and oxygen atoms in total. The van der Waals surface area contributed by atoms with Crippen molar-refractivity contribution in [2.75, 3.05) is 24.2 Å². The van der Waals surface area contributed by atoms with Gasteiger partial charge in [-0.1, -0.05) is 0 Å². The van der Waals surface area contributed by atoms with Crippen LogP contribution in [0, 0.1) is 6.92 Å². The van der Waals surface area contributed by atoms with Crippen LogP contribution in [0.4, 0.5) is 5.82 Å². The Kier molecular flexibility index (Phi) is 3.82. The molecule has 18 heavy (non-hydrogen) atoms. The fourth-order valence-corrected chi connectivity index (χ4v) is 2.93. The first kappa shape index (κ1) is 13.2. The van der Waals surface area contributed by atoms with Gasteiger partial charge in [0.05, 0.1) is 11.9 Å². The summed E-state index contributed by atoms with van der Waals surface area (Å²) in [5.74, 6) is 0.860. The van der Waals surface area contributed by atoms with E-state index in [1.54, 1.807) is 0 Å². The quantitative estimate of drug-likeness (QED) is 0.855. The minimum absolute atomic E-state index is 0.0367. The Morgan fingerprint density at radius 1 is 1.28 bits per heavy atom. The van der Waals surface area contributed by atoms with Crippen LogP contribution in [0.1, 0.15) is 18.5 Å². The number of aromatic nitrogens is 2. The smallest absolute Gasteiger partial charge is 0.208 e. The lowest BCUT2D eigenvalue weighted by molar-refractivity contribution is 0.459. The molecule has 1 aromatic heterocycles. The van der Waals surface area contributed by atoms with E-state index in [0.717, 1.165) is 37.4 Å². The number of hydrogen-bond acceptors (Lipinski definition) is 5. The van der Waals surface area contributed by atoms with Crippen molar-refractivity contribution >= 4 is 15.8 Å². The molecule has 0 spiro atoms. The number of piperidine rings is 1. The predicted molar refractivity (Wildman–Crippen MR) is 70.0 cm³/mol. The van der Waals surface area contributed by atoms with Crippen LogP contribution in [0.2, 0.25) is 0 Å². The van der Waals surface area contributed by atoms with Gasteiger partial charge in [0.2, 0.25) is 10.0 Å². The minimum atomic E-state index is -3.11. The largest absolute Gasteiger partial charge is 0.355 e.